The summed E-state index contributed by atoms with van der Waals surface area (Å²) < 4.78 is 23.9. The second kappa shape index (κ2) is 27.1. The first-order chi connectivity index (χ1) is 17.1. The molecule has 0 amide bonds. The molecule has 0 saturated carbocycles. The van der Waals surface area contributed by atoms with Crippen LogP contribution in [-0.2, 0) is 18.9 Å². The molecule has 2 aromatic rings. The summed E-state index contributed by atoms with van der Waals surface area (Å²) in [5.41, 5.74) is 1.99. The van der Waals surface area contributed by atoms with E-state index in [-0.39, 0.29) is 38.3 Å². The first kappa shape index (κ1) is 42.2. The zero-order chi connectivity index (χ0) is 27.9. The van der Waals surface area contributed by atoms with Crippen molar-refractivity contribution in [1.82, 2.24) is 0 Å². The largest absolute Gasteiger partial charge is 0.497 e. The second-order valence-electron chi connectivity index (χ2n) is 7.46. The minimum atomic E-state index is 0. The minimum Gasteiger partial charge on any atom is -0.497 e. The summed E-state index contributed by atoms with van der Waals surface area (Å²) in [7, 11) is 8.24. The molecule has 0 spiro atoms. The highest BCUT2D eigenvalue weighted by Gasteiger charge is 2.01. The molecule has 0 saturated heterocycles. The van der Waals surface area contributed by atoms with Gasteiger partial charge in [0.05, 0.1) is 33.0 Å². The van der Waals surface area contributed by atoms with E-state index in [2.05, 4.69) is 9.47 Å². The number of Topliss-reactive ketones (excluding diaryl/α,β-unsaturated/α-hetero) is 3. The maximum atomic E-state index is 10.8. The molecule has 0 heterocycles. The number of hydrogen-bond donors (Lipinski definition) is 0. The molecule has 2 rings (SSSR count). The number of carbonyl (C=O) groups excluding carboxylic acids is 3. The van der Waals surface area contributed by atoms with Crippen molar-refractivity contribution >= 4 is 17.3 Å². The Morgan fingerprint density at radius 1 is 0.605 bits per heavy atom. The number of ketones is 3. The Morgan fingerprint density at radius 3 is 1.11 bits per heavy atom. The highest BCUT2D eigenvalue weighted by atomic mass is 16.5. The van der Waals surface area contributed by atoms with Crippen molar-refractivity contribution in [3.8, 4) is 5.75 Å². The molecule has 1 atom stereocenters. The van der Waals surface area contributed by atoms with E-state index in [1.807, 2.05) is 6.92 Å². The van der Waals surface area contributed by atoms with Gasteiger partial charge in [0.15, 0.2) is 17.3 Å². The van der Waals surface area contributed by atoms with Gasteiger partial charge >= 0.3 is 0 Å². The fourth-order valence-electron chi connectivity index (χ4n) is 2.23. The standard InChI is InChI=1S/C10H10O2.C9H10O2.C5H12O2.C4H10O2.2CH4/c1-7(11)9-3-5-10(6-4-9)8(2)12;1-7(10)8-3-5-9(11-2)6-4-8;1-5(7-3)4-6-2;1-5-3-4-6-2;;/h3-6H,1-2H3;3-6H,1-2H3;5H,4H2,1-3H3;3-4H2,1-2H3;2*1H4. The van der Waals surface area contributed by atoms with Crippen molar-refractivity contribution in [2.75, 3.05) is 55.4 Å². The Morgan fingerprint density at radius 2 is 0.921 bits per heavy atom. The molecule has 218 valence electrons. The van der Waals surface area contributed by atoms with E-state index in [0.29, 0.717) is 36.5 Å². The van der Waals surface area contributed by atoms with Gasteiger partial charge in [-0.15, -0.1) is 0 Å². The maximum absolute atomic E-state index is 10.8. The third-order valence-electron chi connectivity index (χ3n) is 4.49. The van der Waals surface area contributed by atoms with Crippen molar-refractivity contribution in [3.05, 3.63) is 65.2 Å². The number of benzene rings is 2. The summed E-state index contributed by atoms with van der Waals surface area (Å²) in [6.45, 7) is 8.57. The van der Waals surface area contributed by atoms with Gasteiger partial charge in [-0.1, -0.05) is 39.1 Å². The summed E-state index contributed by atoms with van der Waals surface area (Å²) in [5.74, 6) is 0.887. The fourth-order valence-corrected chi connectivity index (χ4v) is 2.23. The van der Waals surface area contributed by atoms with E-state index in [1.165, 1.54) is 13.8 Å². The third kappa shape index (κ3) is 22.3. The summed E-state index contributed by atoms with van der Waals surface area (Å²) >= 11 is 0. The predicted molar refractivity (Wildman–Crippen MR) is 155 cm³/mol. The zero-order valence-electron chi connectivity index (χ0n) is 23.1. The van der Waals surface area contributed by atoms with Crippen LogP contribution in [-0.4, -0.2) is 78.8 Å². The van der Waals surface area contributed by atoms with Crippen molar-refractivity contribution in [2.45, 2.75) is 48.7 Å². The Bertz CT molecular complexity index is 809. The lowest BCUT2D eigenvalue weighted by Gasteiger charge is -2.05. The van der Waals surface area contributed by atoms with Gasteiger partial charge in [-0.25, -0.2) is 0 Å². The SMILES string of the molecule is C.C.CC(=O)c1ccc(C(C)=O)cc1.COCC(C)OC.COCCOC.COc1ccc(C(C)=O)cc1. The van der Waals surface area contributed by atoms with Crippen molar-refractivity contribution < 1.29 is 38.1 Å². The molecule has 1 unspecified atom stereocenters. The minimum absolute atomic E-state index is 0. The van der Waals surface area contributed by atoms with Crippen LogP contribution in [0.1, 0.15) is 73.6 Å². The summed E-state index contributed by atoms with van der Waals surface area (Å²) in [6.07, 6.45) is 0.227. The van der Waals surface area contributed by atoms with E-state index >= 15 is 0 Å². The lowest BCUT2D eigenvalue weighted by Crippen LogP contribution is -2.11. The van der Waals surface area contributed by atoms with Gasteiger partial charge in [0.1, 0.15) is 5.75 Å². The van der Waals surface area contributed by atoms with Crippen LogP contribution in [0.25, 0.3) is 0 Å². The monoisotopic (exact) mass is 538 g/mol. The van der Waals surface area contributed by atoms with Gasteiger partial charge in [-0.3, -0.25) is 14.4 Å². The molecule has 8 nitrogen and oxygen atoms in total. The molecule has 0 N–H and O–H groups in total. The van der Waals surface area contributed by atoms with Crippen molar-refractivity contribution in [1.29, 1.82) is 0 Å². The van der Waals surface area contributed by atoms with Crippen molar-refractivity contribution in [2.24, 2.45) is 0 Å². The van der Waals surface area contributed by atoms with E-state index in [9.17, 15) is 14.4 Å². The first-order valence-corrected chi connectivity index (χ1v) is 11.3. The lowest BCUT2D eigenvalue weighted by atomic mass is 10.1. The average molecular weight is 539 g/mol. The van der Waals surface area contributed by atoms with Gasteiger partial charge < -0.3 is 23.7 Å². The Hall–Kier alpha value is -2.91. The average Bonchev–Trinajstić information content (AvgIpc) is 2.88. The van der Waals surface area contributed by atoms with E-state index in [4.69, 9.17) is 14.2 Å². The third-order valence-corrected chi connectivity index (χ3v) is 4.49. The molecule has 0 aliphatic rings. The smallest absolute Gasteiger partial charge is 0.159 e. The summed E-state index contributed by atoms with van der Waals surface area (Å²) in [5, 5.41) is 0. The van der Waals surface area contributed by atoms with Gasteiger partial charge in [0, 0.05) is 45.1 Å². The molecule has 0 radical (unpaired) electrons. The van der Waals surface area contributed by atoms with Crippen LogP contribution in [0.4, 0.5) is 0 Å². The highest BCUT2D eigenvalue weighted by Crippen LogP contribution is 2.11. The highest BCUT2D eigenvalue weighted by molar-refractivity contribution is 5.97. The summed E-state index contributed by atoms with van der Waals surface area (Å²) in [6, 6.07) is 13.7. The predicted octanol–water partition coefficient (Wildman–Crippen LogP) is 6.21. The van der Waals surface area contributed by atoms with Gasteiger partial charge in [0.2, 0.25) is 0 Å². The lowest BCUT2D eigenvalue weighted by molar-refractivity contribution is 0.0401. The molecular formula is C30H50O8. The van der Waals surface area contributed by atoms with Crippen LogP contribution in [0.15, 0.2) is 48.5 Å². The zero-order valence-corrected chi connectivity index (χ0v) is 23.1. The van der Waals surface area contributed by atoms with Crippen LogP contribution in [0, 0.1) is 0 Å². The molecule has 8 heteroatoms. The Kier molecular flexibility index (Phi) is 30.1. The van der Waals surface area contributed by atoms with Crippen LogP contribution in [0.5, 0.6) is 5.75 Å². The number of ether oxygens (including phenoxy) is 5. The van der Waals surface area contributed by atoms with Crippen LogP contribution >= 0.6 is 0 Å². The van der Waals surface area contributed by atoms with E-state index < -0.39 is 0 Å². The molecule has 0 fully saturated rings. The molecule has 2 aromatic carbocycles. The van der Waals surface area contributed by atoms with E-state index in [0.717, 1.165) is 5.75 Å². The molecule has 0 aliphatic heterocycles. The van der Waals surface area contributed by atoms with Gasteiger partial charge in [-0.05, 0) is 52.0 Å². The van der Waals surface area contributed by atoms with Crippen LogP contribution < -0.4 is 4.74 Å². The Balaban J connectivity index is -0.000000207. The normalized spacial score (nSPS) is 9.71. The van der Waals surface area contributed by atoms with E-state index in [1.54, 1.807) is 91.0 Å². The molecule has 0 bridgehead atoms. The first-order valence-electron chi connectivity index (χ1n) is 11.3. The molecule has 0 aromatic heterocycles. The van der Waals surface area contributed by atoms with Crippen molar-refractivity contribution in [3.63, 3.8) is 0 Å². The van der Waals surface area contributed by atoms with Crippen LogP contribution in [0.3, 0.4) is 0 Å². The number of rotatable bonds is 10. The van der Waals surface area contributed by atoms with Crippen LogP contribution in [0.2, 0.25) is 0 Å². The second-order valence-corrected chi connectivity index (χ2v) is 7.46. The number of methoxy groups -OCH3 is 5. The van der Waals surface area contributed by atoms with Gasteiger partial charge in [-0.2, -0.15) is 0 Å². The molecular weight excluding hydrogens is 488 g/mol. The molecule has 0 aliphatic carbocycles. The quantitative estimate of drug-likeness (QED) is 0.260. The van der Waals surface area contributed by atoms with Gasteiger partial charge in [0.25, 0.3) is 0 Å². The topological polar surface area (TPSA) is 97.4 Å². The number of hydrogen-bond acceptors (Lipinski definition) is 8. The summed E-state index contributed by atoms with van der Waals surface area (Å²) in [4.78, 5) is 32.5. The molecule has 38 heavy (non-hydrogen) atoms. The maximum Gasteiger partial charge on any atom is 0.159 e. The number of carbonyl (C=O) groups is 3. The fraction of sp³-hybridized carbons (Fsp3) is 0.500. The Labute approximate surface area is 230 Å².